The number of aromatic nitrogens is 1. The first-order chi connectivity index (χ1) is 14.9. The maximum absolute atomic E-state index is 13.8. The Hall–Kier alpha value is -2.91. The van der Waals surface area contributed by atoms with Crippen LogP contribution >= 0.6 is 11.3 Å². The quantitative estimate of drug-likeness (QED) is 0.617. The third kappa shape index (κ3) is 3.28. The highest BCUT2D eigenvalue weighted by molar-refractivity contribution is 7.18. The van der Waals surface area contributed by atoms with Crippen molar-refractivity contribution >= 4 is 33.5 Å². The van der Waals surface area contributed by atoms with Crippen molar-refractivity contribution in [1.82, 2.24) is 20.1 Å². The Balaban J connectivity index is 1.39. The Morgan fingerprint density at radius 2 is 2.00 bits per heavy atom. The molecule has 3 aromatic rings. The van der Waals surface area contributed by atoms with Crippen LogP contribution in [0.2, 0.25) is 0 Å². The summed E-state index contributed by atoms with van der Waals surface area (Å²) in [5, 5.41) is 3.62. The van der Waals surface area contributed by atoms with Crippen LogP contribution in [0.25, 0.3) is 10.2 Å². The summed E-state index contributed by atoms with van der Waals surface area (Å²) < 4.78 is 28.2. The minimum absolute atomic E-state index is 0.0214. The fourth-order valence-corrected chi connectivity index (χ4v) is 5.45. The van der Waals surface area contributed by atoms with Gasteiger partial charge in [-0.05, 0) is 49.6 Å². The van der Waals surface area contributed by atoms with Crippen LogP contribution in [0, 0.1) is 11.6 Å². The molecule has 0 aliphatic carbocycles. The van der Waals surface area contributed by atoms with Crippen molar-refractivity contribution in [3.8, 4) is 0 Å². The number of halogens is 2. The number of imide groups is 1. The van der Waals surface area contributed by atoms with Gasteiger partial charge in [-0.25, -0.2) is 23.5 Å². The van der Waals surface area contributed by atoms with Gasteiger partial charge in [-0.2, -0.15) is 0 Å². The van der Waals surface area contributed by atoms with Crippen LogP contribution in [0.15, 0.2) is 42.5 Å². The smallest absolute Gasteiger partial charge is 0.319 e. The van der Waals surface area contributed by atoms with Crippen molar-refractivity contribution in [2.75, 3.05) is 13.2 Å². The molecule has 2 saturated heterocycles. The van der Waals surface area contributed by atoms with Crippen LogP contribution in [0.1, 0.15) is 36.4 Å². The van der Waals surface area contributed by atoms with E-state index in [9.17, 15) is 18.4 Å². The summed E-state index contributed by atoms with van der Waals surface area (Å²) in [6, 6.07) is 10.6. The molecule has 0 radical (unpaired) electrons. The summed E-state index contributed by atoms with van der Waals surface area (Å²) in [6.07, 6.45) is 1.83. The summed E-state index contributed by atoms with van der Waals surface area (Å²) in [6.45, 7) is 2.36. The van der Waals surface area contributed by atoms with Gasteiger partial charge in [0.15, 0.2) is 11.6 Å². The summed E-state index contributed by atoms with van der Waals surface area (Å²) in [5.74, 6) is -2.55. The average molecular weight is 442 g/mol. The number of carbonyl (C=O) groups is 2. The number of amides is 3. The number of para-hydroxylation sites is 1. The van der Waals surface area contributed by atoms with Gasteiger partial charge < -0.3 is 5.32 Å². The van der Waals surface area contributed by atoms with E-state index in [4.69, 9.17) is 4.98 Å². The standard InChI is InChI=1S/C22H20F2N4O2S/c1-22(13-8-9-14(23)15(24)11-13)20(29)28(21(30)26-22)12-27-10-4-6-17(27)19-25-16-5-2-3-7-18(16)31-19/h2-3,5,7-9,11,17H,4,6,10,12H2,1H3,(H,26,30). The van der Waals surface area contributed by atoms with Crippen molar-refractivity contribution < 1.29 is 18.4 Å². The summed E-state index contributed by atoms with van der Waals surface area (Å²) in [7, 11) is 0. The first-order valence-corrected chi connectivity index (χ1v) is 10.9. The largest absolute Gasteiger partial charge is 0.326 e. The molecule has 2 aliphatic heterocycles. The van der Waals surface area contributed by atoms with E-state index in [1.807, 2.05) is 24.3 Å². The number of carbonyl (C=O) groups excluding carboxylic acids is 2. The lowest BCUT2D eigenvalue weighted by Crippen LogP contribution is -2.43. The van der Waals surface area contributed by atoms with Gasteiger partial charge in [-0.3, -0.25) is 9.69 Å². The van der Waals surface area contributed by atoms with Gasteiger partial charge in [0, 0.05) is 6.54 Å². The van der Waals surface area contributed by atoms with Crippen LogP contribution in [-0.2, 0) is 10.3 Å². The van der Waals surface area contributed by atoms with Crippen LogP contribution in [0.5, 0.6) is 0 Å². The zero-order chi connectivity index (χ0) is 21.8. The van der Waals surface area contributed by atoms with Gasteiger partial charge in [0.2, 0.25) is 0 Å². The number of likely N-dealkylation sites (tertiary alicyclic amines) is 1. The predicted octanol–water partition coefficient (Wildman–Crippen LogP) is 4.14. The first-order valence-electron chi connectivity index (χ1n) is 10.1. The lowest BCUT2D eigenvalue weighted by atomic mass is 9.92. The Kier molecular flexibility index (Phi) is 4.75. The van der Waals surface area contributed by atoms with E-state index in [0.717, 1.165) is 51.6 Å². The third-order valence-electron chi connectivity index (χ3n) is 6.05. The van der Waals surface area contributed by atoms with E-state index in [0.29, 0.717) is 0 Å². The minimum Gasteiger partial charge on any atom is -0.319 e. The number of thiazole rings is 1. The monoisotopic (exact) mass is 442 g/mol. The third-order valence-corrected chi connectivity index (χ3v) is 7.19. The molecule has 0 spiro atoms. The van der Waals surface area contributed by atoms with Gasteiger partial charge in [0.1, 0.15) is 10.5 Å². The van der Waals surface area contributed by atoms with Crippen molar-refractivity contribution in [2.45, 2.75) is 31.3 Å². The average Bonchev–Trinajstić information content (AvgIpc) is 3.43. The Labute approximate surface area is 181 Å². The number of nitrogens with one attached hydrogen (secondary N) is 1. The maximum Gasteiger partial charge on any atom is 0.326 e. The van der Waals surface area contributed by atoms with Gasteiger partial charge in [-0.15, -0.1) is 11.3 Å². The molecule has 0 saturated carbocycles. The topological polar surface area (TPSA) is 65.5 Å². The molecule has 0 bridgehead atoms. The number of benzene rings is 2. The number of nitrogens with zero attached hydrogens (tertiary/aromatic N) is 3. The number of hydrogen-bond donors (Lipinski definition) is 1. The van der Waals surface area contributed by atoms with Crippen LogP contribution < -0.4 is 5.32 Å². The highest BCUT2D eigenvalue weighted by Gasteiger charge is 2.50. The lowest BCUT2D eigenvalue weighted by molar-refractivity contribution is -0.132. The van der Waals surface area contributed by atoms with E-state index >= 15 is 0 Å². The molecule has 2 aromatic carbocycles. The molecule has 2 aliphatic rings. The van der Waals surface area contributed by atoms with Crippen LogP contribution in [0.3, 0.4) is 0 Å². The summed E-state index contributed by atoms with van der Waals surface area (Å²) >= 11 is 1.62. The maximum atomic E-state index is 13.8. The SMILES string of the molecule is CC1(c2ccc(F)c(F)c2)NC(=O)N(CN2CCCC2c2nc3ccccc3s2)C1=O. The number of hydrogen-bond acceptors (Lipinski definition) is 5. The zero-order valence-corrected chi connectivity index (χ0v) is 17.6. The van der Waals surface area contributed by atoms with Gasteiger partial charge in [0.25, 0.3) is 5.91 Å². The number of fused-ring (bicyclic) bond motifs is 1. The molecular weight excluding hydrogens is 422 g/mol. The molecule has 3 heterocycles. The number of rotatable bonds is 4. The summed E-state index contributed by atoms with van der Waals surface area (Å²) in [5.41, 5.74) is -0.303. The van der Waals surface area contributed by atoms with E-state index in [1.54, 1.807) is 11.3 Å². The van der Waals surface area contributed by atoms with Gasteiger partial charge in [-0.1, -0.05) is 18.2 Å². The second kappa shape index (κ2) is 7.35. The molecule has 5 rings (SSSR count). The molecule has 6 nitrogen and oxygen atoms in total. The zero-order valence-electron chi connectivity index (χ0n) is 16.8. The second-order valence-electron chi connectivity index (χ2n) is 8.05. The van der Waals surface area contributed by atoms with Crippen molar-refractivity contribution in [2.24, 2.45) is 0 Å². The second-order valence-corrected chi connectivity index (χ2v) is 9.11. The van der Waals surface area contributed by atoms with Crippen molar-refractivity contribution in [3.05, 3.63) is 64.7 Å². The molecule has 1 N–H and O–H groups in total. The van der Waals surface area contributed by atoms with E-state index in [-0.39, 0.29) is 18.3 Å². The van der Waals surface area contributed by atoms with Crippen molar-refractivity contribution in [1.29, 1.82) is 0 Å². The van der Waals surface area contributed by atoms with Crippen LogP contribution in [-0.4, -0.2) is 39.9 Å². The predicted molar refractivity (Wildman–Crippen MR) is 112 cm³/mol. The van der Waals surface area contributed by atoms with Crippen molar-refractivity contribution in [3.63, 3.8) is 0 Å². The highest BCUT2D eigenvalue weighted by atomic mass is 32.1. The molecule has 31 heavy (non-hydrogen) atoms. The molecule has 2 unspecified atom stereocenters. The molecule has 160 valence electrons. The van der Waals surface area contributed by atoms with E-state index < -0.39 is 29.1 Å². The minimum atomic E-state index is -1.45. The Morgan fingerprint density at radius 3 is 2.77 bits per heavy atom. The molecule has 9 heteroatoms. The van der Waals surface area contributed by atoms with E-state index in [2.05, 4.69) is 10.2 Å². The Bertz CT molecular complexity index is 1170. The lowest BCUT2D eigenvalue weighted by Gasteiger charge is -2.27. The fraction of sp³-hybridized carbons (Fsp3) is 0.318. The Morgan fingerprint density at radius 1 is 1.19 bits per heavy atom. The molecule has 1 aromatic heterocycles. The highest BCUT2D eigenvalue weighted by Crippen LogP contribution is 2.37. The summed E-state index contributed by atoms with van der Waals surface area (Å²) in [4.78, 5) is 33.8. The molecule has 2 fully saturated rings. The molecule has 2 atom stereocenters. The fourth-order valence-electron chi connectivity index (χ4n) is 4.32. The first kappa shape index (κ1) is 20.0. The van der Waals surface area contributed by atoms with Gasteiger partial charge in [0.05, 0.1) is 22.9 Å². The number of urea groups is 1. The van der Waals surface area contributed by atoms with E-state index in [1.165, 1.54) is 13.0 Å². The normalized spacial score (nSPS) is 24.4. The van der Waals surface area contributed by atoms with Gasteiger partial charge >= 0.3 is 6.03 Å². The molecule has 3 amide bonds. The molecular formula is C22H20F2N4O2S. The van der Waals surface area contributed by atoms with Crippen LogP contribution in [0.4, 0.5) is 13.6 Å².